The molecule has 3 atom stereocenters. The van der Waals surface area contributed by atoms with E-state index in [4.69, 9.17) is 0 Å². The van der Waals surface area contributed by atoms with Gasteiger partial charge in [-0.1, -0.05) is 27.2 Å². The second kappa shape index (κ2) is 7.59. The number of carbonyl (C=O) groups is 1. The van der Waals surface area contributed by atoms with Crippen LogP contribution in [0.15, 0.2) is 0 Å². The van der Waals surface area contributed by atoms with Gasteiger partial charge in [-0.15, -0.1) is 0 Å². The second-order valence-corrected chi connectivity index (χ2v) is 7.23. The second-order valence-electron chi connectivity index (χ2n) is 7.23. The molecule has 2 heterocycles. The highest BCUT2D eigenvalue weighted by Crippen LogP contribution is 2.23. The van der Waals surface area contributed by atoms with Crippen LogP contribution in [0.3, 0.4) is 0 Å². The number of nitrogens with zero attached hydrogens (tertiary/aromatic N) is 2. The van der Waals surface area contributed by atoms with E-state index in [1.165, 1.54) is 32.4 Å². The predicted octanol–water partition coefficient (Wildman–Crippen LogP) is 2.44. The SMILES string of the molecule is CCC1NC(CC(C)C)N(C(C)CN2CCCCC2)C1=O. The molecule has 0 aliphatic carbocycles. The molecule has 4 nitrogen and oxygen atoms in total. The van der Waals surface area contributed by atoms with E-state index in [1.807, 2.05) is 0 Å². The lowest BCUT2D eigenvalue weighted by Gasteiger charge is -2.36. The lowest BCUT2D eigenvalue weighted by atomic mass is 10.1. The third-order valence-corrected chi connectivity index (χ3v) is 4.83. The monoisotopic (exact) mass is 295 g/mol. The molecule has 122 valence electrons. The first-order valence-electron chi connectivity index (χ1n) is 8.83. The van der Waals surface area contributed by atoms with E-state index >= 15 is 0 Å². The molecular formula is C17H33N3O. The van der Waals surface area contributed by atoms with Crippen molar-refractivity contribution in [3.8, 4) is 0 Å². The predicted molar refractivity (Wildman–Crippen MR) is 87.1 cm³/mol. The number of carbonyl (C=O) groups excluding carboxylic acids is 1. The Balaban J connectivity index is 1.99. The van der Waals surface area contributed by atoms with Gasteiger partial charge in [0.25, 0.3) is 0 Å². The molecule has 4 heteroatoms. The van der Waals surface area contributed by atoms with Crippen molar-refractivity contribution in [3.63, 3.8) is 0 Å². The molecule has 2 saturated heterocycles. The number of piperidine rings is 1. The van der Waals surface area contributed by atoms with Crippen molar-refractivity contribution < 1.29 is 4.79 Å². The molecule has 0 saturated carbocycles. The summed E-state index contributed by atoms with van der Waals surface area (Å²) in [7, 11) is 0. The van der Waals surface area contributed by atoms with Crippen LogP contribution in [0, 0.1) is 5.92 Å². The average molecular weight is 295 g/mol. The molecule has 0 spiro atoms. The third-order valence-electron chi connectivity index (χ3n) is 4.83. The van der Waals surface area contributed by atoms with Crippen LogP contribution >= 0.6 is 0 Å². The Morgan fingerprint density at radius 2 is 1.86 bits per heavy atom. The number of hydrogen-bond acceptors (Lipinski definition) is 3. The van der Waals surface area contributed by atoms with Crippen LogP contribution in [0.2, 0.25) is 0 Å². The molecule has 2 aliphatic rings. The zero-order chi connectivity index (χ0) is 15.4. The number of amides is 1. The summed E-state index contributed by atoms with van der Waals surface area (Å²) in [6.45, 7) is 12.2. The highest BCUT2D eigenvalue weighted by atomic mass is 16.2. The fraction of sp³-hybridized carbons (Fsp3) is 0.941. The van der Waals surface area contributed by atoms with Gasteiger partial charge >= 0.3 is 0 Å². The molecule has 3 unspecified atom stereocenters. The van der Waals surface area contributed by atoms with Crippen LogP contribution < -0.4 is 5.32 Å². The maximum Gasteiger partial charge on any atom is 0.241 e. The third kappa shape index (κ3) is 4.19. The normalized spacial score (nSPS) is 29.4. The summed E-state index contributed by atoms with van der Waals surface area (Å²) in [4.78, 5) is 17.3. The van der Waals surface area contributed by atoms with Crippen LogP contribution in [0.5, 0.6) is 0 Å². The number of rotatable bonds is 6. The van der Waals surface area contributed by atoms with Crippen LogP contribution in [0.4, 0.5) is 0 Å². The van der Waals surface area contributed by atoms with E-state index < -0.39 is 0 Å². The largest absolute Gasteiger partial charge is 0.322 e. The zero-order valence-electron chi connectivity index (χ0n) is 14.3. The van der Waals surface area contributed by atoms with Crippen LogP contribution in [0.25, 0.3) is 0 Å². The topological polar surface area (TPSA) is 35.6 Å². The van der Waals surface area contributed by atoms with E-state index in [9.17, 15) is 4.79 Å². The summed E-state index contributed by atoms with van der Waals surface area (Å²) < 4.78 is 0. The van der Waals surface area contributed by atoms with Gasteiger partial charge in [-0.05, 0) is 51.6 Å². The fourth-order valence-corrected chi connectivity index (χ4v) is 3.77. The highest BCUT2D eigenvalue weighted by Gasteiger charge is 2.40. The minimum atomic E-state index is 0.0255. The smallest absolute Gasteiger partial charge is 0.241 e. The zero-order valence-corrected chi connectivity index (χ0v) is 14.3. The van der Waals surface area contributed by atoms with Gasteiger partial charge in [-0.25, -0.2) is 0 Å². The van der Waals surface area contributed by atoms with E-state index in [0.717, 1.165) is 19.4 Å². The fourth-order valence-electron chi connectivity index (χ4n) is 3.77. The Kier molecular flexibility index (Phi) is 6.06. The van der Waals surface area contributed by atoms with Crippen molar-refractivity contribution >= 4 is 5.91 Å². The van der Waals surface area contributed by atoms with Crippen molar-refractivity contribution in [2.24, 2.45) is 5.92 Å². The summed E-state index contributed by atoms with van der Waals surface area (Å²) in [5.41, 5.74) is 0. The minimum absolute atomic E-state index is 0.0255. The first kappa shape index (κ1) is 16.8. The van der Waals surface area contributed by atoms with E-state index in [0.29, 0.717) is 17.9 Å². The van der Waals surface area contributed by atoms with Crippen molar-refractivity contribution in [3.05, 3.63) is 0 Å². The molecule has 2 aliphatic heterocycles. The molecule has 2 fully saturated rings. The lowest BCUT2D eigenvalue weighted by Crippen LogP contribution is -2.49. The molecule has 0 aromatic carbocycles. The van der Waals surface area contributed by atoms with Crippen molar-refractivity contribution in [2.75, 3.05) is 19.6 Å². The standard InChI is InChI=1S/C17H33N3O/c1-5-15-17(21)20(16(18-15)11-13(2)3)14(4)12-19-9-7-6-8-10-19/h13-16,18H,5-12H2,1-4H3. The van der Waals surface area contributed by atoms with Crippen molar-refractivity contribution in [1.82, 2.24) is 15.1 Å². The van der Waals surface area contributed by atoms with Gasteiger partial charge < -0.3 is 9.80 Å². The van der Waals surface area contributed by atoms with E-state index in [1.54, 1.807) is 0 Å². The van der Waals surface area contributed by atoms with E-state index in [2.05, 4.69) is 42.8 Å². The van der Waals surface area contributed by atoms with Gasteiger partial charge in [0.05, 0.1) is 12.2 Å². The lowest BCUT2D eigenvalue weighted by molar-refractivity contribution is -0.132. The average Bonchev–Trinajstić information content (AvgIpc) is 2.75. The Bertz CT molecular complexity index is 339. The number of hydrogen-bond donors (Lipinski definition) is 1. The molecular weight excluding hydrogens is 262 g/mol. The molecule has 0 aromatic rings. The molecule has 0 radical (unpaired) electrons. The maximum absolute atomic E-state index is 12.7. The number of likely N-dealkylation sites (tertiary alicyclic amines) is 1. The summed E-state index contributed by atoms with van der Waals surface area (Å²) in [6, 6.07) is 0.334. The molecule has 2 rings (SSSR count). The Morgan fingerprint density at radius 3 is 2.43 bits per heavy atom. The minimum Gasteiger partial charge on any atom is -0.322 e. The first-order chi connectivity index (χ1) is 10.0. The van der Waals surface area contributed by atoms with Gasteiger partial charge in [0.2, 0.25) is 5.91 Å². The van der Waals surface area contributed by atoms with E-state index in [-0.39, 0.29) is 12.2 Å². The molecule has 21 heavy (non-hydrogen) atoms. The molecule has 1 N–H and O–H groups in total. The number of nitrogens with one attached hydrogen (secondary N) is 1. The summed E-state index contributed by atoms with van der Waals surface area (Å²) >= 11 is 0. The molecule has 0 aromatic heterocycles. The Hall–Kier alpha value is -0.610. The van der Waals surface area contributed by atoms with Crippen LogP contribution in [-0.4, -0.2) is 53.6 Å². The van der Waals surface area contributed by atoms with Gasteiger partial charge in [-0.2, -0.15) is 0 Å². The molecule has 0 bridgehead atoms. The van der Waals surface area contributed by atoms with Gasteiger partial charge in [-0.3, -0.25) is 10.1 Å². The van der Waals surface area contributed by atoms with Gasteiger partial charge in [0.15, 0.2) is 0 Å². The first-order valence-corrected chi connectivity index (χ1v) is 8.83. The quantitative estimate of drug-likeness (QED) is 0.817. The van der Waals surface area contributed by atoms with Crippen LogP contribution in [-0.2, 0) is 4.79 Å². The van der Waals surface area contributed by atoms with Crippen LogP contribution in [0.1, 0.15) is 59.8 Å². The van der Waals surface area contributed by atoms with Crippen molar-refractivity contribution in [1.29, 1.82) is 0 Å². The highest BCUT2D eigenvalue weighted by molar-refractivity contribution is 5.84. The summed E-state index contributed by atoms with van der Waals surface area (Å²) in [5, 5.41) is 3.55. The van der Waals surface area contributed by atoms with Gasteiger partial charge in [0, 0.05) is 12.6 Å². The Labute approximate surface area is 130 Å². The summed E-state index contributed by atoms with van der Waals surface area (Å²) in [5.74, 6) is 0.920. The molecule has 1 amide bonds. The maximum atomic E-state index is 12.7. The van der Waals surface area contributed by atoms with Crippen molar-refractivity contribution in [2.45, 2.75) is 78.0 Å². The van der Waals surface area contributed by atoms with Gasteiger partial charge in [0.1, 0.15) is 0 Å². The summed E-state index contributed by atoms with van der Waals surface area (Å²) in [6.07, 6.45) is 6.15. The Morgan fingerprint density at radius 1 is 1.19 bits per heavy atom.